The molecule has 1 aliphatic heterocycles. The molecule has 10 heteroatoms. The number of nitrogens with two attached hydrogens (primary N) is 1. The fourth-order valence-electron chi connectivity index (χ4n) is 3.44. The van der Waals surface area contributed by atoms with Gasteiger partial charge < -0.3 is 15.4 Å². The number of hydrogen-bond acceptors (Lipinski definition) is 7. The van der Waals surface area contributed by atoms with E-state index in [1.54, 1.807) is 6.20 Å². The van der Waals surface area contributed by atoms with Crippen molar-refractivity contribution in [1.82, 2.24) is 24.3 Å². The predicted molar refractivity (Wildman–Crippen MR) is 115 cm³/mol. The number of anilines is 1. The zero-order valence-corrected chi connectivity index (χ0v) is 17.2. The van der Waals surface area contributed by atoms with Crippen molar-refractivity contribution in [2.75, 3.05) is 37.7 Å². The van der Waals surface area contributed by atoms with Gasteiger partial charge in [-0.15, -0.1) is 0 Å². The van der Waals surface area contributed by atoms with Crippen LogP contribution in [-0.4, -0.2) is 57.2 Å². The second-order valence-corrected chi connectivity index (χ2v) is 7.28. The van der Waals surface area contributed by atoms with Gasteiger partial charge in [0.1, 0.15) is 18.0 Å². The minimum absolute atomic E-state index is 0.00285. The highest BCUT2D eigenvalue weighted by Crippen LogP contribution is 2.23. The molecule has 1 saturated heterocycles. The quantitative estimate of drug-likeness (QED) is 0.637. The Morgan fingerprint density at radius 1 is 1.23 bits per heavy atom. The summed E-state index contributed by atoms with van der Waals surface area (Å²) >= 11 is 0. The standard InChI is InChI=1S/C21H24FN7O2/c1-15-8-18(17-2-3-19(24-11-17)27-4-6-31-7-5-27)12-25-20(15)28-14-26-29(21(28)30)13-16(9-22)10-23/h2-3,8-9,11-12,14H,4-7,10,13,23H2,1H3/b16-9+. The number of ether oxygens (including phenoxy) is 1. The zero-order chi connectivity index (χ0) is 21.8. The Bertz CT molecular complexity index is 1130. The van der Waals surface area contributed by atoms with Crippen LogP contribution in [-0.2, 0) is 11.3 Å². The molecule has 0 radical (unpaired) electrons. The highest BCUT2D eigenvalue weighted by Gasteiger charge is 2.14. The Morgan fingerprint density at radius 2 is 2.00 bits per heavy atom. The lowest BCUT2D eigenvalue weighted by atomic mass is 10.1. The van der Waals surface area contributed by atoms with E-state index < -0.39 is 5.69 Å². The lowest BCUT2D eigenvalue weighted by molar-refractivity contribution is 0.122. The van der Waals surface area contributed by atoms with Crippen LogP contribution in [0, 0.1) is 6.92 Å². The maximum atomic E-state index is 12.8. The van der Waals surface area contributed by atoms with E-state index in [1.807, 2.05) is 31.3 Å². The van der Waals surface area contributed by atoms with E-state index >= 15 is 0 Å². The number of hydrogen-bond donors (Lipinski definition) is 1. The second-order valence-electron chi connectivity index (χ2n) is 7.28. The smallest absolute Gasteiger partial charge is 0.351 e. The highest BCUT2D eigenvalue weighted by molar-refractivity contribution is 5.65. The van der Waals surface area contributed by atoms with E-state index in [2.05, 4.69) is 20.0 Å². The molecule has 0 unspecified atom stereocenters. The normalized spacial score (nSPS) is 14.8. The number of pyridine rings is 2. The summed E-state index contributed by atoms with van der Waals surface area (Å²) in [6.45, 7) is 4.97. The fourth-order valence-corrected chi connectivity index (χ4v) is 3.44. The van der Waals surface area contributed by atoms with Crippen LogP contribution in [0.3, 0.4) is 0 Å². The summed E-state index contributed by atoms with van der Waals surface area (Å²) in [6.07, 6.45) is 5.30. The van der Waals surface area contributed by atoms with Gasteiger partial charge in [-0.05, 0) is 36.3 Å². The molecule has 0 aliphatic carbocycles. The molecule has 2 N–H and O–H groups in total. The number of aromatic nitrogens is 5. The minimum Gasteiger partial charge on any atom is -0.378 e. The third-order valence-electron chi connectivity index (χ3n) is 5.20. The highest BCUT2D eigenvalue weighted by atomic mass is 19.1. The maximum absolute atomic E-state index is 12.8. The van der Waals surface area contributed by atoms with Crippen molar-refractivity contribution < 1.29 is 9.13 Å². The van der Waals surface area contributed by atoms with Crippen molar-refractivity contribution >= 4 is 5.82 Å². The van der Waals surface area contributed by atoms with E-state index in [-0.39, 0.29) is 18.7 Å². The van der Waals surface area contributed by atoms with Gasteiger partial charge in [0.15, 0.2) is 0 Å². The summed E-state index contributed by atoms with van der Waals surface area (Å²) in [7, 11) is 0. The van der Waals surface area contributed by atoms with Gasteiger partial charge in [0.05, 0.1) is 26.1 Å². The summed E-state index contributed by atoms with van der Waals surface area (Å²) in [6, 6.07) is 5.95. The fraction of sp³-hybridized carbons (Fsp3) is 0.333. The second kappa shape index (κ2) is 9.19. The van der Waals surface area contributed by atoms with Crippen molar-refractivity contribution in [2.45, 2.75) is 13.5 Å². The molecule has 0 amide bonds. The van der Waals surface area contributed by atoms with E-state index in [0.717, 1.165) is 40.3 Å². The molecular weight excluding hydrogens is 401 g/mol. The van der Waals surface area contributed by atoms with Gasteiger partial charge in [-0.1, -0.05) is 0 Å². The van der Waals surface area contributed by atoms with Crippen LogP contribution >= 0.6 is 0 Å². The Kier molecular flexibility index (Phi) is 6.19. The summed E-state index contributed by atoms with van der Waals surface area (Å²) < 4.78 is 20.7. The van der Waals surface area contributed by atoms with Crippen molar-refractivity contribution in [1.29, 1.82) is 0 Å². The van der Waals surface area contributed by atoms with Gasteiger partial charge in [0.2, 0.25) is 0 Å². The van der Waals surface area contributed by atoms with Crippen LogP contribution in [0.2, 0.25) is 0 Å². The van der Waals surface area contributed by atoms with Crippen LogP contribution in [0.15, 0.2) is 53.6 Å². The predicted octanol–water partition coefficient (Wildman–Crippen LogP) is 1.45. The van der Waals surface area contributed by atoms with Gasteiger partial charge in [-0.25, -0.2) is 28.4 Å². The lowest BCUT2D eigenvalue weighted by Gasteiger charge is -2.27. The SMILES string of the molecule is Cc1cc(-c2ccc(N3CCOCC3)nc2)cnc1-n1cnn(C/C(=C/F)CN)c1=O. The first-order chi connectivity index (χ1) is 15.1. The van der Waals surface area contributed by atoms with Crippen molar-refractivity contribution in [3.63, 3.8) is 0 Å². The topological polar surface area (TPSA) is 104 Å². The third-order valence-corrected chi connectivity index (χ3v) is 5.20. The number of rotatable bonds is 6. The van der Waals surface area contributed by atoms with Gasteiger partial charge in [-0.3, -0.25) is 0 Å². The Labute approximate surface area is 178 Å². The van der Waals surface area contributed by atoms with Crippen molar-refractivity contribution in [2.24, 2.45) is 5.73 Å². The van der Waals surface area contributed by atoms with Crippen LogP contribution < -0.4 is 16.3 Å². The maximum Gasteiger partial charge on any atom is 0.351 e. The summed E-state index contributed by atoms with van der Waals surface area (Å²) in [4.78, 5) is 23.9. The van der Waals surface area contributed by atoms with Crippen molar-refractivity contribution in [3.8, 4) is 16.9 Å². The first-order valence-electron chi connectivity index (χ1n) is 9.99. The number of aryl methyl sites for hydroxylation is 1. The summed E-state index contributed by atoms with van der Waals surface area (Å²) in [5, 5.41) is 4.04. The average Bonchev–Trinajstić information content (AvgIpc) is 3.17. The molecule has 1 fully saturated rings. The monoisotopic (exact) mass is 425 g/mol. The van der Waals surface area contributed by atoms with Crippen molar-refractivity contribution in [3.05, 3.63) is 64.9 Å². The van der Waals surface area contributed by atoms with Crippen LogP contribution in [0.25, 0.3) is 16.9 Å². The number of halogens is 1. The van der Waals surface area contributed by atoms with E-state index in [4.69, 9.17) is 10.5 Å². The van der Waals surface area contributed by atoms with Crippen LogP contribution in [0.5, 0.6) is 0 Å². The molecule has 4 heterocycles. The summed E-state index contributed by atoms with van der Waals surface area (Å²) in [5.74, 6) is 1.39. The van der Waals surface area contributed by atoms with Gasteiger partial charge in [0.25, 0.3) is 0 Å². The van der Waals surface area contributed by atoms with Gasteiger partial charge in [-0.2, -0.15) is 5.10 Å². The number of nitrogens with zero attached hydrogens (tertiary/aromatic N) is 6. The molecule has 3 aromatic rings. The van der Waals surface area contributed by atoms with E-state index in [0.29, 0.717) is 25.4 Å². The molecule has 162 valence electrons. The third kappa shape index (κ3) is 4.39. The van der Waals surface area contributed by atoms with Gasteiger partial charge in [0, 0.05) is 43.2 Å². The molecule has 3 aromatic heterocycles. The molecule has 31 heavy (non-hydrogen) atoms. The Balaban J connectivity index is 1.56. The Morgan fingerprint density at radius 3 is 2.65 bits per heavy atom. The molecule has 0 atom stereocenters. The van der Waals surface area contributed by atoms with E-state index in [1.165, 1.54) is 10.9 Å². The van der Waals surface area contributed by atoms with Gasteiger partial charge >= 0.3 is 5.69 Å². The first kappa shape index (κ1) is 20.9. The average molecular weight is 425 g/mol. The molecule has 4 rings (SSSR count). The molecule has 0 spiro atoms. The summed E-state index contributed by atoms with van der Waals surface area (Å²) in [5.41, 5.74) is 7.96. The first-order valence-corrected chi connectivity index (χ1v) is 9.99. The zero-order valence-electron chi connectivity index (χ0n) is 17.2. The van der Waals surface area contributed by atoms with Crippen LogP contribution in [0.4, 0.5) is 10.2 Å². The lowest BCUT2D eigenvalue weighted by Crippen LogP contribution is -2.36. The van der Waals surface area contributed by atoms with E-state index in [9.17, 15) is 9.18 Å². The molecule has 0 saturated carbocycles. The molecule has 0 bridgehead atoms. The molecule has 9 nitrogen and oxygen atoms in total. The Hall–Kier alpha value is -3.37. The van der Waals surface area contributed by atoms with Crippen LogP contribution in [0.1, 0.15) is 5.56 Å². The molecular formula is C21H24FN7O2. The largest absolute Gasteiger partial charge is 0.378 e. The number of morpholine rings is 1. The molecule has 1 aliphatic rings. The molecule has 0 aromatic carbocycles. The minimum atomic E-state index is -0.410.